The number of carbonyl (C=O) groups excluding carboxylic acids is 1. The maximum absolute atomic E-state index is 12.8. The van der Waals surface area contributed by atoms with E-state index >= 15 is 0 Å². The summed E-state index contributed by atoms with van der Waals surface area (Å²) >= 11 is 0. The molecule has 2 rings (SSSR count). The quantitative estimate of drug-likeness (QED) is 0.773. The van der Waals surface area contributed by atoms with Crippen LogP contribution in [0.1, 0.15) is 31.7 Å². The fourth-order valence-corrected chi connectivity index (χ4v) is 3.16. The summed E-state index contributed by atoms with van der Waals surface area (Å²) in [6, 6.07) is 4.38. The smallest absolute Gasteiger partial charge is 0.325 e. The van der Waals surface area contributed by atoms with Gasteiger partial charge in [0.15, 0.2) is 0 Å². The molecule has 0 spiro atoms. The maximum atomic E-state index is 12.8. The van der Waals surface area contributed by atoms with Gasteiger partial charge < -0.3 is 10.6 Å². The molecule has 1 aromatic carbocycles. The number of anilines is 1. The lowest BCUT2D eigenvalue weighted by Gasteiger charge is -2.35. The van der Waals surface area contributed by atoms with Crippen molar-refractivity contribution < 1.29 is 18.0 Å². The zero-order valence-electron chi connectivity index (χ0n) is 15.1. The third-order valence-electron chi connectivity index (χ3n) is 4.84. The van der Waals surface area contributed by atoms with Crippen molar-refractivity contribution in [3.05, 3.63) is 29.8 Å². The molecule has 0 radical (unpaired) electrons. The molecule has 1 unspecified atom stereocenters. The molecule has 1 amide bonds. The molecule has 1 saturated heterocycles. The predicted octanol–water partition coefficient (Wildman–Crippen LogP) is 3.78. The molecule has 8 heteroatoms. The number of halogens is 4. The molecule has 1 aromatic rings. The van der Waals surface area contributed by atoms with E-state index in [0.29, 0.717) is 5.92 Å². The van der Waals surface area contributed by atoms with Crippen LogP contribution in [-0.2, 0) is 11.0 Å². The van der Waals surface area contributed by atoms with Crippen LogP contribution in [-0.4, -0.2) is 43.5 Å². The number of piperidine rings is 1. The van der Waals surface area contributed by atoms with Gasteiger partial charge in [-0.2, -0.15) is 13.2 Å². The van der Waals surface area contributed by atoms with Crippen LogP contribution in [0.2, 0.25) is 0 Å². The van der Waals surface area contributed by atoms with E-state index in [1.54, 1.807) is 6.92 Å². The molecule has 4 nitrogen and oxygen atoms in total. The molecule has 1 aliphatic rings. The Bertz CT molecular complexity index is 575. The number of hydrogen-bond acceptors (Lipinski definition) is 3. The summed E-state index contributed by atoms with van der Waals surface area (Å²) in [6.07, 6.45) is -1.19. The number of hydrogen-bond donors (Lipinski definition) is 2. The highest BCUT2D eigenvalue weighted by atomic mass is 35.5. The number of alkyl halides is 3. The minimum atomic E-state index is -4.42. The Morgan fingerprint density at radius 2 is 1.96 bits per heavy atom. The van der Waals surface area contributed by atoms with Crippen molar-refractivity contribution in [2.24, 2.45) is 5.92 Å². The van der Waals surface area contributed by atoms with Gasteiger partial charge in [-0.25, -0.2) is 0 Å². The summed E-state index contributed by atoms with van der Waals surface area (Å²) in [5.41, 5.74) is -0.584. The van der Waals surface area contributed by atoms with Crippen LogP contribution in [0, 0.1) is 5.92 Å². The molecule has 0 saturated carbocycles. The first kappa shape index (κ1) is 22.7. The number of carbonyl (C=O) groups is 1. The van der Waals surface area contributed by atoms with Gasteiger partial charge in [-0.1, -0.05) is 6.07 Å². The Morgan fingerprint density at radius 1 is 1.31 bits per heavy atom. The molecule has 26 heavy (non-hydrogen) atoms. The van der Waals surface area contributed by atoms with Crippen molar-refractivity contribution in [2.75, 3.05) is 32.0 Å². The van der Waals surface area contributed by atoms with Gasteiger partial charge in [-0.05, 0) is 77.0 Å². The molecule has 1 heterocycles. The van der Waals surface area contributed by atoms with E-state index in [9.17, 15) is 18.0 Å². The summed E-state index contributed by atoms with van der Waals surface area (Å²) in [5.74, 6) is 0.399. The van der Waals surface area contributed by atoms with Crippen molar-refractivity contribution in [3.63, 3.8) is 0 Å². The SMILES string of the molecule is CNCCC1CCN(C(C)C(=O)Nc2cccc(C(F)(F)F)c2)CC1.Cl. The number of nitrogens with one attached hydrogen (secondary N) is 2. The molecule has 0 bridgehead atoms. The molecule has 1 atom stereocenters. The maximum Gasteiger partial charge on any atom is 0.416 e. The zero-order valence-corrected chi connectivity index (χ0v) is 15.9. The minimum Gasteiger partial charge on any atom is -0.325 e. The average Bonchev–Trinajstić information content (AvgIpc) is 2.59. The van der Waals surface area contributed by atoms with Crippen LogP contribution in [0.5, 0.6) is 0 Å². The summed E-state index contributed by atoms with van der Waals surface area (Å²) in [5, 5.41) is 5.76. The largest absolute Gasteiger partial charge is 0.416 e. The molecule has 0 aliphatic carbocycles. The van der Waals surface area contributed by atoms with Crippen LogP contribution in [0.4, 0.5) is 18.9 Å². The van der Waals surface area contributed by atoms with Gasteiger partial charge in [0.25, 0.3) is 0 Å². The lowest BCUT2D eigenvalue weighted by Crippen LogP contribution is -2.46. The van der Waals surface area contributed by atoms with E-state index < -0.39 is 11.7 Å². The second-order valence-electron chi connectivity index (χ2n) is 6.62. The third kappa shape index (κ3) is 6.45. The highest BCUT2D eigenvalue weighted by Crippen LogP contribution is 2.30. The first-order valence-corrected chi connectivity index (χ1v) is 8.68. The number of amides is 1. The van der Waals surface area contributed by atoms with Gasteiger partial charge in [-0.3, -0.25) is 9.69 Å². The van der Waals surface area contributed by atoms with Crippen LogP contribution < -0.4 is 10.6 Å². The van der Waals surface area contributed by atoms with Gasteiger partial charge in [-0.15, -0.1) is 12.4 Å². The molecule has 1 fully saturated rings. The van der Waals surface area contributed by atoms with Gasteiger partial charge in [0.2, 0.25) is 5.91 Å². The van der Waals surface area contributed by atoms with Crippen molar-refractivity contribution in [1.82, 2.24) is 10.2 Å². The van der Waals surface area contributed by atoms with E-state index in [1.165, 1.54) is 12.1 Å². The Hall–Kier alpha value is -1.31. The summed E-state index contributed by atoms with van der Waals surface area (Å²) < 4.78 is 38.3. The normalized spacial score (nSPS) is 17.4. The molecular weight excluding hydrogens is 367 g/mol. The molecule has 2 N–H and O–H groups in total. The first-order chi connectivity index (χ1) is 11.8. The standard InChI is InChI=1S/C18H26F3N3O.ClH/c1-13(24-10-7-14(8-11-24)6-9-22-2)17(25)23-16-5-3-4-15(12-16)18(19,20)21;/h3-5,12-14,22H,6-11H2,1-2H3,(H,23,25);1H. The topological polar surface area (TPSA) is 44.4 Å². The van der Waals surface area contributed by atoms with Crippen LogP contribution in [0.25, 0.3) is 0 Å². The zero-order chi connectivity index (χ0) is 18.4. The number of likely N-dealkylation sites (tertiary alicyclic amines) is 1. The molecule has 1 aliphatic heterocycles. The van der Waals surface area contributed by atoms with E-state index in [4.69, 9.17) is 0 Å². The third-order valence-corrected chi connectivity index (χ3v) is 4.84. The average molecular weight is 394 g/mol. The summed E-state index contributed by atoms with van der Waals surface area (Å²) in [6.45, 7) is 4.48. The molecule has 0 aromatic heterocycles. The second-order valence-corrected chi connectivity index (χ2v) is 6.62. The second kappa shape index (κ2) is 10.1. The Balaban J connectivity index is 0.00000338. The fraction of sp³-hybridized carbons (Fsp3) is 0.611. The van der Waals surface area contributed by atoms with E-state index in [0.717, 1.165) is 51.0 Å². The van der Waals surface area contributed by atoms with Crippen molar-refractivity contribution in [2.45, 2.75) is 38.4 Å². The summed E-state index contributed by atoms with van der Waals surface area (Å²) in [7, 11) is 1.94. The van der Waals surface area contributed by atoms with Crippen molar-refractivity contribution in [3.8, 4) is 0 Å². The van der Waals surface area contributed by atoms with Crippen LogP contribution in [0.3, 0.4) is 0 Å². The lowest BCUT2D eigenvalue weighted by molar-refractivity contribution is -0.137. The van der Waals surface area contributed by atoms with Crippen molar-refractivity contribution >= 4 is 24.0 Å². The lowest BCUT2D eigenvalue weighted by atomic mass is 9.93. The molecule has 148 valence electrons. The van der Waals surface area contributed by atoms with E-state index in [2.05, 4.69) is 15.5 Å². The number of benzene rings is 1. The van der Waals surface area contributed by atoms with E-state index in [-0.39, 0.29) is 30.0 Å². The van der Waals surface area contributed by atoms with Gasteiger partial charge in [0.05, 0.1) is 11.6 Å². The highest BCUT2D eigenvalue weighted by molar-refractivity contribution is 5.94. The monoisotopic (exact) mass is 393 g/mol. The highest BCUT2D eigenvalue weighted by Gasteiger charge is 2.31. The Labute approximate surface area is 158 Å². The summed E-state index contributed by atoms with van der Waals surface area (Å²) in [4.78, 5) is 14.5. The fourth-order valence-electron chi connectivity index (χ4n) is 3.16. The first-order valence-electron chi connectivity index (χ1n) is 8.68. The van der Waals surface area contributed by atoms with Gasteiger partial charge in [0, 0.05) is 5.69 Å². The van der Waals surface area contributed by atoms with Crippen LogP contribution >= 0.6 is 12.4 Å². The van der Waals surface area contributed by atoms with Crippen LogP contribution in [0.15, 0.2) is 24.3 Å². The van der Waals surface area contributed by atoms with Crippen molar-refractivity contribution in [1.29, 1.82) is 0 Å². The Morgan fingerprint density at radius 3 is 2.54 bits per heavy atom. The number of nitrogens with zero attached hydrogens (tertiary/aromatic N) is 1. The minimum absolute atomic E-state index is 0. The van der Waals surface area contributed by atoms with Gasteiger partial charge in [0.1, 0.15) is 0 Å². The predicted molar refractivity (Wildman–Crippen MR) is 99.6 cm³/mol. The molecular formula is C18H27ClF3N3O. The van der Waals surface area contributed by atoms with E-state index in [1.807, 2.05) is 7.05 Å². The van der Waals surface area contributed by atoms with Gasteiger partial charge >= 0.3 is 6.18 Å². The number of rotatable bonds is 6. The Kier molecular flexibility index (Phi) is 8.86.